The normalized spacial score (nSPS) is 10.7. The van der Waals surface area contributed by atoms with Gasteiger partial charge in [0.25, 0.3) is 0 Å². The van der Waals surface area contributed by atoms with Crippen molar-refractivity contribution in [3.8, 4) is 5.69 Å². The topological polar surface area (TPSA) is 68.2 Å². The van der Waals surface area contributed by atoms with E-state index in [1.807, 2.05) is 31.2 Å². The first-order chi connectivity index (χ1) is 9.52. The maximum atomic E-state index is 10.8. The molecule has 1 aromatic carbocycles. The Kier molecular flexibility index (Phi) is 4.13. The summed E-state index contributed by atoms with van der Waals surface area (Å²) in [6, 6.07) is 9.89. The average molecular weight is 272 g/mol. The Morgan fingerprint density at radius 1 is 1.25 bits per heavy atom. The van der Waals surface area contributed by atoms with E-state index in [0.29, 0.717) is 6.42 Å². The first-order valence-electron chi connectivity index (χ1n) is 6.80. The van der Waals surface area contributed by atoms with Gasteiger partial charge < -0.3 is 15.4 Å². The van der Waals surface area contributed by atoms with Crippen molar-refractivity contribution in [2.45, 2.75) is 33.1 Å². The van der Waals surface area contributed by atoms with E-state index in [2.05, 4.69) is 17.6 Å². The molecule has 2 aromatic rings. The van der Waals surface area contributed by atoms with E-state index in [-0.39, 0.29) is 6.42 Å². The Hall–Kier alpha value is -2.23. The SMILES string of the molecule is CCc1ccc(CCC(=O)O)n1-c1ccc(N)cc1C. The minimum Gasteiger partial charge on any atom is -0.481 e. The molecule has 0 atom stereocenters. The number of anilines is 1. The summed E-state index contributed by atoms with van der Waals surface area (Å²) in [5.41, 5.74) is 10.9. The number of rotatable bonds is 5. The average Bonchev–Trinajstić information content (AvgIpc) is 2.79. The summed E-state index contributed by atoms with van der Waals surface area (Å²) in [6.45, 7) is 4.12. The largest absolute Gasteiger partial charge is 0.481 e. The highest BCUT2D eigenvalue weighted by Crippen LogP contribution is 2.23. The molecule has 0 saturated heterocycles. The number of hydrogen-bond donors (Lipinski definition) is 2. The highest BCUT2D eigenvalue weighted by atomic mass is 16.4. The third kappa shape index (κ3) is 2.85. The lowest BCUT2D eigenvalue weighted by molar-refractivity contribution is -0.136. The summed E-state index contributed by atoms with van der Waals surface area (Å²) < 4.78 is 2.15. The molecule has 1 aromatic heterocycles. The van der Waals surface area contributed by atoms with Crippen LogP contribution in [-0.2, 0) is 17.6 Å². The summed E-state index contributed by atoms with van der Waals surface area (Å²) in [6.07, 6.45) is 1.57. The lowest BCUT2D eigenvalue weighted by Crippen LogP contribution is -2.08. The number of nitrogens with zero attached hydrogens (tertiary/aromatic N) is 1. The van der Waals surface area contributed by atoms with E-state index in [4.69, 9.17) is 10.8 Å². The first kappa shape index (κ1) is 14.2. The van der Waals surface area contributed by atoms with Gasteiger partial charge in [-0.05, 0) is 55.7 Å². The van der Waals surface area contributed by atoms with Gasteiger partial charge in [0.05, 0.1) is 6.42 Å². The van der Waals surface area contributed by atoms with Crippen LogP contribution in [0.25, 0.3) is 5.69 Å². The minimum atomic E-state index is -0.773. The molecule has 0 fully saturated rings. The number of hydrogen-bond acceptors (Lipinski definition) is 2. The van der Waals surface area contributed by atoms with Gasteiger partial charge in [0.15, 0.2) is 0 Å². The van der Waals surface area contributed by atoms with E-state index >= 15 is 0 Å². The number of nitrogen functional groups attached to an aromatic ring is 1. The van der Waals surface area contributed by atoms with Gasteiger partial charge in [0.1, 0.15) is 0 Å². The van der Waals surface area contributed by atoms with Crippen molar-refractivity contribution in [3.63, 3.8) is 0 Å². The molecule has 0 aliphatic rings. The van der Waals surface area contributed by atoms with Crippen LogP contribution in [0.5, 0.6) is 0 Å². The molecule has 4 nitrogen and oxygen atoms in total. The Morgan fingerprint density at radius 3 is 2.55 bits per heavy atom. The van der Waals surface area contributed by atoms with Crippen LogP contribution in [0.15, 0.2) is 30.3 Å². The molecular formula is C16H20N2O2. The molecule has 20 heavy (non-hydrogen) atoms. The monoisotopic (exact) mass is 272 g/mol. The van der Waals surface area contributed by atoms with Crippen molar-refractivity contribution >= 4 is 11.7 Å². The van der Waals surface area contributed by atoms with E-state index in [0.717, 1.165) is 29.1 Å². The molecule has 3 N–H and O–H groups in total. The number of nitrogens with two attached hydrogens (primary N) is 1. The highest BCUT2D eigenvalue weighted by molar-refractivity contribution is 5.67. The lowest BCUT2D eigenvalue weighted by Gasteiger charge is -2.15. The van der Waals surface area contributed by atoms with Gasteiger partial charge in [0, 0.05) is 22.8 Å². The van der Waals surface area contributed by atoms with Crippen LogP contribution in [0.2, 0.25) is 0 Å². The van der Waals surface area contributed by atoms with Crippen LogP contribution in [0.1, 0.15) is 30.3 Å². The fourth-order valence-electron chi connectivity index (χ4n) is 2.47. The number of aliphatic carboxylic acids is 1. The smallest absolute Gasteiger partial charge is 0.303 e. The van der Waals surface area contributed by atoms with Gasteiger partial charge in [0.2, 0.25) is 0 Å². The molecular weight excluding hydrogens is 252 g/mol. The standard InChI is InChI=1S/C16H20N2O2/c1-3-13-5-6-14(7-9-16(19)20)18(13)15-8-4-12(17)10-11(15)2/h4-6,8,10H,3,7,9,17H2,1-2H3,(H,19,20). The molecule has 0 unspecified atom stereocenters. The molecule has 2 rings (SSSR count). The van der Waals surface area contributed by atoms with E-state index in [1.54, 1.807) is 0 Å². The number of carbonyl (C=O) groups is 1. The molecule has 0 saturated carbocycles. The second kappa shape index (κ2) is 5.82. The van der Waals surface area contributed by atoms with Crippen molar-refractivity contribution in [2.75, 3.05) is 5.73 Å². The van der Waals surface area contributed by atoms with Crippen molar-refractivity contribution in [1.29, 1.82) is 0 Å². The van der Waals surface area contributed by atoms with Crippen LogP contribution in [-0.4, -0.2) is 15.6 Å². The molecule has 4 heteroatoms. The third-order valence-electron chi connectivity index (χ3n) is 3.46. The third-order valence-corrected chi connectivity index (χ3v) is 3.46. The molecule has 0 spiro atoms. The summed E-state index contributed by atoms with van der Waals surface area (Å²) in [7, 11) is 0. The number of benzene rings is 1. The predicted octanol–water partition coefficient (Wildman–Crippen LogP) is 2.95. The summed E-state index contributed by atoms with van der Waals surface area (Å²) in [4.78, 5) is 10.8. The van der Waals surface area contributed by atoms with Crippen molar-refractivity contribution in [3.05, 3.63) is 47.3 Å². The zero-order valence-electron chi connectivity index (χ0n) is 11.9. The molecule has 0 aliphatic carbocycles. The van der Waals surface area contributed by atoms with Crippen LogP contribution in [0.3, 0.4) is 0 Å². The van der Waals surface area contributed by atoms with Gasteiger partial charge in [-0.25, -0.2) is 0 Å². The fourth-order valence-corrected chi connectivity index (χ4v) is 2.47. The Balaban J connectivity index is 2.47. The number of aromatic nitrogens is 1. The molecule has 0 aliphatic heterocycles. The van der Waals surface area contributed by atoms with Crippen molar-refractivity contribution < 1.29 is 9.90 Å². The summed E-state index contributed by atoms with van der Waals surface area (Å²) in [5.74, 6) is -0.773. The first-order valence-corrected chi connectivity index (χ1v) is 6.80. The molecule has 0 amide bonds. The lowest BCUT2D eigenvalue weighted by atomic mass is 10.1. The molecule has 0 bridgehead atoms. The fraction of sp³-hybridized carbons (Fsp3) is 0.312. The minimum absolute atomic E-state index is 0.140. The number of carboxylic acid groups (broad SMARTS) is 1. The Morgan fingerprint density at radius 2 is 1.95 bits per heavy atom. The van der Waals surface area contributed by atoms with Crippen LogP contribution >= 0.6 is 0 Å². The van der Waals surface area contributed by atoms with Crippen LogP contribution < -0.4 is 5.73 Å². The maximum Gasteiger partial charge on any atom is 0.303 e. The van der Waals surface area contributed by atoms with Crippen LogP contribution in [0, 0.1) is 6.92 Å². The molecule has 0 radical (unpaired) electrons. The second-order valence-electron chi connectivity index (χ2n) is 4.94. The predicted molar refractivity (Wildman–Crippen MR) is 80.3 cm³/mol. The van der Waals surface area contributed by atoms with Gasteiger partial charge >= 0.3 is 5.97 Å². The quantitative estimate of drug-likeness (QED) is 0.822. The number of aryl methyl sites for hydroxylation is 3. The molecule has 1 heterocycles. The maximum absolute atomic E-state index is 10.8. The Labute approximate surface area is 118 Å². The van der Waals surface area contributed by atoms with E-state index < -0.39 is 5.97 Å². The zero-order valence-corrected chi connectivity index (χ0v) is 11.9. The van der Waals surface area contributed by atoms with Gasteiger partial charge in [-0.3, -0.25) is 4.79 Å². The number of carboxylic acids is 1. The Bertz CT molecular complexity index is 629. The second-order valence-corrected chi connectivity index (χ2v) is 4.94. The van der Waals surface area contributed by atoms with Crippen LogP contribution in [0.4, 0.5) is 5.69 Å². The van der Waals surface area contributed by atoms with Crippen molar-refractivity contribution in [1.82, 2.24) is 4.57 Å². The van der Waals surface area contributed by atoms with Gasteiger partial charge in [-0.1, -0.05) is 6.92 Å². The van der Waals surface area contributed by atoms with E-state index in [1.165, 1.54) is 5.69 Å². The zero-order chi connectivity index (χ0) is 14.7. The highest BCUT2D eigenvalue weighted by Gasteiger charge is 2.12. The van der Waals surface area contributed by atoms with E-state index in [9.17, 15) is 4.79 Å². The van der Waals surface area contributed by atoms with Gasteiger partial charge in [-0.15, -0.1) is 0 Å². The van der Waals surface area contributed by atoms with Crippen molar-refractivity contribution in [2.24, 2.45) is 0 Å². The van der Waals surface area contributed by atoms with Gasteiger partial charge in [-0.2, -0.15) is 0 Å². The summed E-state index contributed by atoms with van der Waals surface area (Å²) in [5, 5.41) is 8.87. The summed E-state index contributed by atoms with van der Waals surface area (Å²) >= 11 is 0. The molecule has 106 valence electrons.